The monoisotopic (exact) mass is 830 g/mol. The van der Waals surface area contributed by atoms with Crippen molar-refractivity contribution in [3.8, 4) is 16.8 Å². The number of nitrogens with two attached hydrogens (primary N) is 1. The van der Waals surface area contributed by atoms with Crippen molar-refractivity contribution in [2.45, 2.75) is 30.7 Å². The van der Waals surface area contributed by atoms with Gasteiger partial charge in [-0.2, -0.15) is 0 Å². The molecule has 2 aliphatic rings. The first-order valence-electron chi connectivity index (χ1n) is 22.2. The first-order valence-corrected chi connectivity index (χ1v) is 23.6. The Morgan fingerprint density at radius 1 is 0.587 bits per heavy atom. The van der Waals surface area contributed by atoms with Gasteiger partial charge < -0.3 is 10.3 Å². The topological polar surface area (TPSA) is 55.0 Å². The lowest BCUT2D eigenvalue weighted by molar-refractivity contribution is 0.386. The Morgan fingerprint density at radius 2 is 1.30 bits per heavy atom. The summed E-state index contributed by atoms with van der Waals surface area (Å²) in [7, 11) is -0.601. The van der Waals surface area contributed by atoms with Gasteiger partial charge in [0.25, 0.3) is 0 Å². The van der Waals surface area contributed by atoms with Gasteiger partial charge >= 0.3 is 0 Å². The number of aromatic nitrogens is 1. The fourth-order valence-electron chi connectivity index (χ4n) is 10.5. The van der Waals surface area contributed by atoms with Crippen molar-refractivity contribution in [3.05, 3.63) is 258 Å². The number of allylic oxidation sites excluding steroid dienone is 4. The number of hydrogen-bond donors (Lipinski definition) is 3. The van der Waals surface area contributed by atoms with Gasteiger partial charge in [-0.3, -0.25) is 10.6 Å². The SMILES string of the molecule is NC(NC(NCc1cccc(-n2c3ccccc3c3cc4c(cc32)-c2ccccc2C4(c2ccccc2)C2C=CC=CC2)c1)c1ccccc1)c1cccc([SiH2]c2ccccc2)c1. The van der Waals surface area contributed by atoms with Crippen LogP contribution in [0.1, 0.15) is 52.1 Å². The normalized spacial score (nSPS) is 17.6. The van der Waals surface area contributed by atoms with Gasteiger partial charge in [0, 0.05) is 23.0 Å². The molecular formula is C58H50N4Si. The van der Waals surface area contributed by atoms with Crippen LogP contribution in [0.15, 0.2) is 224 Å². The lowest BCUT2D eigenvalue weighted by Gasteiger charge is -2.39. The molecular weight excluding hydrogens is 781 g/mol. The summed E-state index contributed by atoms with van der Waals surface area (Å²) in [5, 5.41) is 12.9. The number of nitrogens with one attached hydrogen (secondary N) is 2. The van der Waals surface area contributed by atoms with E-state index in [1.807, 2.05) is 0 Å². The van der Waals surface area contributed by atoms with Crippen molar-refractivity contribution in [1.29, 1.82) is 0 Å². The summed E-state index contributed by atoms with van der Waals surface area (Å²) >= 11 is 0. The Morgan fingerprint density at radius 3 is 2.13 bits per heavy atom. The number of hydrogen-bond acceptors (Lipinski definition) is 3. The van der Waals surface area contributed by atoms with E-state index >= 15 is 0 Å². The fourth-order valence-corrected chi connectivity index (χ4v) is 12.1. The van der Waals surface area contributed by atoms with E-state index in [9.17, 15) is 0 Å². The Kier molecular flexibility index (Phi) is 10.4. The molecule has 0 amide bonds. The molecule has 0 fully saturated rings. The number of nitrogens with zero attached hydrogens (tertiary/aromatic N) is 1. The lowest BCUT2D eigenvalue weighted by atomic mass is 9.62. The average Bonchev–Trinajstić information content (AvgIpc) is 3.83. The minimum Gasteiger partial charge on any atom is -0.312 e. The average molecular weight is 831 g/mol. The van der Waals surface area contributed by atoms with Crippen LogP contribution in [0.2, 0.25) is 0 Å². The van der Waals surface area contributed by atoms with Crippen LogP contribution in [0.3, 0.4) is 0 Å². The third kappa shape index (κ3) is 7.09. The molecule has 4 nitrogen and oxygen atoms in total. The molecule has 0 saturated heterocycles. The van der Waals surface area contributed by atoms with Crippen molar-refractivity contribution in [1.82, 2.24) is 15.2 Å². The van der Waals surface area contributed by atoms with Gasteiger partial charge in [0.1, 0.15) is 0 Å². The Labute approximate surface area is 372 Å². The van der Waals surface area contributed by atoms with Gasteiger partial charge in [0.2, 0.25) is 0 Å². The first-order chi connectivity index (χ1) is 31.1. The highest BCUT2D eigenvalue weighted by molar-refractivity contribution is 6.67. The molecule has 2 aliphatic carbocycles. The molecule has 1 aromatic heterocycles. The summed E-state index contributed by atoms with van der Waals surface area (Å²) in [5.74, 6) is 0.275. The van der Waals surface area contributed by atoms with E-state index in [1.165, 1.54) is 65.6 Å². The maximum absolute atomic E-state index is 6.97. The number of benzene rings is 8. The largest absolute Gasteiger partial charge is 0.312 e. The first kappa shape index (κ1) is 39.0. The molecule has 0 aliphatic heterocycles. The zero-order chi connectivity index (χ0) is 42.2. The second-order valence-electron chi connectivity index (χ2n) is 17.1. The van der Waals surface area contributed by atoms with Crippen LogP contribution in [0.4, 0.5) is 0 Å². The molecule has 5 heteroatoms. The summed E-state index contributed by atoms with van der Waals surface area (Å²) in [5.41, 5.74) is 20.4. The second-order valence-corrected chi connectivity index (χ2v) is 19.1. The molecule has 0 saturated carbocycles. The van der Waals surface area contributed by atoms with Crippen LogP contribution in [-0.4, -0.2) is 14.1 Å². The van der Waals surface area contributed by atoms with Crippen molar-refractivity contribution < 1.29 is 0 Å². The van der Waals surface area contributed by atoms with Crippen molar-refractivity contribution in [2.75, 3.05) is 0 Å². The molecule has 4 atom stereocenters. The van der Waals surface area contributed by atoms with Crippen LogP contribution < -0.4 is 26.7 Å². The highest BCUT2D eigenvalue weighted by Gasteiger charge is 2.49. The Hall–Kier alpha value is -6.86. The van der Waals surface area contributed by atoms with Gasteiger partial charge in [-0.15, -0.1) is 0 Å². The zero-order valence-electron chi connectivity index (χ0n) is 35.2. The number of para-hydroxylation sites is 1. The molecule has 306 valence electrons. The summed E-state index contributed by atoms with van der Waals surface area (Å²) < 4.78 is 2.47. The summed E-state index contributed by atoms with van der Waals surface area (Å²) in [6, 6.07) is 73.4. The minimum atomic E-state index is -0.601. The number of rotatable bonds is 12. The van der Waals surface area contributed by atoms with Crippen LogP contribution in [0.25, 0.3) is 38.6 Å². The maximum atomic E-state index is 6.97. The third-order valence-corrected chi connectivity index (χ3v) is 15.1. The summed E-state index contributed by atoms with van der Waals surface area (Å²) in [6.07, 6.45) is 9.66. The van der Waals surface area contributed by atoms with Gasteiger partial charge in [-0.1, -0.05) is 205 Å². The molecule has 4 N–H and O–H groups in total. The predicted octanol–water partition coefficient (Wildman–Crippen LogP) is 10.4. The van der Waals surface area contributed by atoms with Crippen molar-refractivity contribution in [3.63, 3.8) is 0 Å². The molecule has 0 bridgehead atoms. The Balaban J connectivity index is 0.956. The molecule has 1 heterocycles. The van der Waals surface area contributed by atoms with E-state index in [1.54, 1.807) is 0 Å². The van der Waals surface area contributed by atoms with E-state index in [0.29, 0.717) is 6.54 Å². The summed E-state index contributed by atoms with van der Waals surface area (Å²) in [6.45, 7) is 0.650. The highest BCUT2D eigenvalue weighted by Crippen LogP contribution is 2.59. The summed E-state index contributed by atoms with van der Waals surface area (Å²) in [4.78, 5) is 0. The molecule has 4 unspecified atom stereocenters. The van der Waals surface area contributed by atoms with E-state index in [4.69, 9.17) is 5.73 Å². The standard InChI is InChI=1S/C58H50N4Si/c59-56(42-22-18-30-47(36-42)63-46-28-11-4-12-29-46)61-57(41-20-5-1-6-21-41)60-39-40-19-17-27-45(35-40)62-54-34-16-14-32-49(54)51-37-53-50(38-55(51)62)48-31-13-15-33-52(48)58(53,43-23-7-2-8-24-43)44-25-9-3-10-26-44/h1-25,27-38,44,56-57,60-61H,26,39,59,63H2. The van der Waals surface area contributed by atoms with Gasteiger partial charge in [0.05, 0.1) is 38.3 Å². The highest BCUT2D eigenvalue weighted by atomic mass is 28.2. The van der Waals surface area contributed by atoms with Gasteiger partial charge in [0.15, 0.2) is 0 Å². The number of fused-ring (bicyclic) bond motifs is 6. The molecule has 63 heavy (non-hydrogen) atoms. The van der Waals surface area contributed by atoms with E-state index in [2.05, 4.69) is 240 Å². The molecule has 9 aromatic rings. The quantitative estimate of drug-likeness (QED) is 0.0849. The fraction of sp³-hybridized carbons (Fsp3) is 0.103. The second kappa shape index (κ2) is 16.8. The van der Waals surface area contributed by atoms with Crippen molar-refractivity contribution in [2.24, 2.45) is 11.7 Å². The van der Waals surface area contributed by atoms with Crippen molar-refractivity contribution >= 4 is 41.7 Å². The van der Waals surface area contributed by atoms with Gasteiger partial charge in [-0.25, -0.2) is 0 Å². The Bertz CT molecular complexity index is 3140. The van der Waals surface area contributed by atoms with Crippen LogP contribution >= 0.6 is 0 Å². The lowest BCUT2D eigenvalue weighted by Crippen LogP contribution is -2.40. The van der Waals surface area contributed by atoms with E-state index in [-0.39, 0.29) is 23.7 Å². The molecule has 0 radical (unpaired) electrons. The molecule has 11 rings (SSSR count). The van der Waals surface area contributed by atoms with Crippen LogP contribution in [-0.2, 0) is 12.0 Å². The van der Waals surface area contributed by atoms with Crippen LogP contribution in [0, 0.1) is 5.92 Å². The zero-order valence-corrected chi connectivity index (χ0v) is 36.7. The minimum absolute atomic E-state index is 0.171. The predicted molar refractivity (Wildman–Crippen MR) is 266 cm³/mol. The maximum Gasteiger partial charge on any atom is 0.0875 e. The van der Waals surface area contributed by atoms with Crippen LogP contribution in [0.5, 0.6) is 0 Å². The van der Waals surface area contributed by atoms with Gasteiger partial charge in [-0.05, 0) is 87.2 Å². The molecule has 0 spiro atoms. The van der Waals surface area contributed by atoms with E-state index in [0.717, 1.165) is 23.2 Å². The molecule has 8 aromatic carbocycles. The van der Waals surface area contributed by atoms with E-state index < -0.39 is 9.52 Å². The third-order valence-electron chi connectivity index (χ3n) is 13.4. The smallest absolute Gasteiger partial charge is 0.0875 e.